The van der Waals surface area contributed by atoms with E-state index in [0.29, 0.717) is 26.3 Å². The second kappa shape index (κ2) is 8.06. The maximum Gasteiger partial charge on any atom is 0.320 e. The van der Waals surface area contributed by atoms with Gasteiger partial charge in [0.2, 0.25) is 0 Å². The van der Waals surface area contributed by atoms with Crippen molar-refractivity contribution in [3.05, 3.63) is 10.6 Å². The molecule has 26 heavy (non-hydrogen) atoms. The van der Waals surface area contributed by atoms with E-state index in [1.54, 1.807) is 0 Å². The van der Waals surface area contributed by atoms with Crippen LogP contribution in [0.5, 0.6) is 0 Å². The van der Waals surface area contributed by atoms with Gasteiger partial charge in [-0.1, -0.05) is 6.42 Å². The fraction of sp³-hybridized carbons (Fsp3) is 0.824. The highest BCUT2D eigenvalue weighted by molar-refractivity contribution is 7.71. The maximum absolute atomic E-state index is 12.6. The summed E-state index contributed by atoms with van der Waals surface area (Å²) < 4.78 is 10.3. The van der Waals surface area contributed by atoms with Gasteiger partial charge in [0.1, 0.15) is 5.82 Å². The number of hydrogen-bond acceptors (Lipinski definition) is 5. The van der Waals surface area contributed by atoms with Crippen LogP contribution in [0.2, 0.25) is 0 Å². The van der Waals surface area contributed by atoms with Gasteiger partial charge in [0, 0.05) is 52.2 Å². The molecule has 0 bridgehead atoms. The first kappa shape index (κ1) is 17.9. The predicted octanol–water partition coefficient (Wildman–Crippen LogP) is 1.17. The van der Waals surface area contributed by atoms with Crippen LogP contribution in [0.4, 0.5) is 4.79 Å². The summed E-state index contributed by atoms with van der Waals surface area (Å²) in [5.74, 6) is 1.13. The van der Waals surface area contributed by atoms with Gasteiger partial charge in [0.15, 0.2) is 4.77 Å². The fourth-order valence-corrected chi connectivity index (χ4v) is 4.24. The van der Waals surface area contributed by atoms with Crippen LogP contribution in [0.1, 0.15) is 25.1 Å². The van der Waals surface area contributed by atoms with Crippen LogP contribution in [0.25, 0.3) is 0 Å². The summed E-state index contributed by atoms with van der Waals surface area (Å²) in [6.07, 6.45) is 4.68. The van der Waals surface area contributed by atoms with E-state index in [9.17, 15) is 4.79 Å². The lowest BCUT2D eigenvalue weighted by molar-refractivity contribution is 0.0354. The molecule has 0 radical (unpaired) electrons. The molecule has 1 aromatic heterocycles. The first-order valence-electron chi connectivity index (χ1n) is 9.73. The molecule has 3 aliphatic rings. The molecule has 9 heteroatoms. The van der Waals surface area contributed by atoms with Crippen molar-refractivity contribution in [3.8, 4) is 0 Å². The molecular weight excluding hydrogens is 352 g/mol. The Morgan fingerprint density at radius 1 is 0.962 bits per heavy atom. The molecule has 0 aromatic carbocycles. The number of urea groups is 1. The molecule has 0 spiro atoms. The highest BCUT2D eigenvalue weighted by atomic mass is 32.1. The Morgan fingerprint density at radius 2 is 1.69 bits per heavy atom. The van der Waals surface area contributed by atoms with E-state index < -0.39 is 0 Å². The largest absolute Gasteiger partial charge is 0.378 e. The number of rotatable bonds is 2. The zero-order chi connectivity index (χ0) is 17.9. The van der Waals surface area contributed by atoms with Gasteiger partial charge in [-0.05, 0) is 25.1 Å². The van der Waals surface area contributed by atoms with Crippen molar-refractivity contribution < 1.29 is 9.53 Å². The van der Waals surface area contributed by atoms with Gasteiger partial charge in [-0.25, -0.2) is 9.48 Å². The number of carbonyl (C=O) groups excluding carboxylic acids is 1. The fourth-order valence-electron chi connectivity index (χ4n) is 3.94. The normalized spacial score (nSPS) is 22.2. The summed E-state index contributed by atoms with van der Waals surface area (Å²) in [7, 11) is 0. The van der Waals surface area contributed by atoms with Crippen molar-refractivity contribution in [1.29, 1.82) is 0 Å². The first-order chi connectivity index (χ1) is 12.7. The van der Waals surface area contributed by atoms with E-state index in [0.717, 1.165) is 56.4 Å². The lowest BCUT2D eigenvalue weighted by Crippen LogP contribution is -2.54. The number of ether oxygens (including phenoxy) is 1. The SMILES string of the molecule is O=C(N1CCOCC1)N1CCN(Cn2nc3n(c2=S)CCCCC3)CC1. The lowest BCUT2D eigenvalue weighted by atomic mass is 10.2. The Morgan fingerprint density at radius 3 is 2.46 bits per heavy atom. The van der Waals surface area contributed by atoms with Crippen molar-refractivity contribution in [2.75, 3.05) is 52.5 Å². The minimum Gasteiger partial charge on any atom is -0.378 e. The zero-order valence-corrected chi connectivity index (χ0v) is 16.1. The van der Waals surface area contributed by atoms with Crippen LogP contribution in [0.3, 0.4) is 0 Å². The molecule has 0 N–H and O–H groups in total. The smallest absolute Gasteiger partial charge is 0.320 e. The molecule has 1 aromatic rings. The predicted molar refractivity (Wildman–Crippen MR) is 99.5 cm³/mol. The standard InChI is InChI=1S/C17H28N6O2S/c24-16(21-10-12-25-13-11-21)20-8-6-19(7-9-20)14-23-17(26)22-5-3-1-2-4-15(22)18-23/h1-14H2. The van der Waals surface area contributed by atoms with Crippen molar-refractivity contribution in [2.24, 2.45) is 0 Å². The first-order valence-corrected chi connectivity index (χ1v) is 10.1. The molecule has 2 saturated heterocycles. The summed E-state index contributed by atoms with van der Waals surface area (Å²) in [5.41, 5.74) is 0. The number of aryl methyl sites for hydroxylation is 1. The highest BCUT2D eigenvalue weighted by Gasteiger charge is 2.26. The van der Waals surface area contributed by atoms with Gasteiger partial charge >= 0.3 is 6.03 Å². The summed E-state index contributed by atoms with van der Waals surface area (Å²) in [4.78, 5) is 18.8. The summed E-state index contributed by atoms with van der Waals surface area (Å²) in [6.45, 7) is 7.66. The molecule has 3 aliphatic heterocycles. The van der Waals surface area contributed by atoms with Crippen LogP contribution < -0.4 is 0 Å². The number of fused-ring (bicyclic) bond motifs is 1. The van der Waals surface area contributed by atoms with Crippen molar-refractivity contribution in [2.45, 2.75) is 38.9 Å². The Kier molecular flexibility index (Phi) is 5.56. The Balaban J connectivity index is 1.33. The van der Waals surface area contributed by atoms with Gasteiger partial charge in [-0.15, -0.1) is 0 Å². The quantitative estimate of drug-likeness (QED) is 0.721. The number of piperazine rings is 1. The molecule has 0 aliphatic carbocycles. The summed E-state index contributed by atoms with van der Waals surface area (Å²) in [6, 6.07) is 0.151. The van der Waals surface area contributed by atoms with Crippen LogP contribution in [-0.2, 0) is 24.4 Å². The third kappa shape index (κ3) is 3.79. The average Bonchev–Trinajstić information content (AvgIpc) is 2.85. The molecule has 8 nitrogen and oxygen atoms in total. The van der Waals surface area contributed by atoms with Crippen molar-refractivity contribution >= 4 is 18.2 Å². The van der Waals surface area contributed by atoms with Crippen LogP contribution in [-0.4, -0.2) is 87.6 Å². The van der Waals surface area contributed by atoms with E-state index in [2.05, 4.69) is 9.47 Å². The van der Waals surface area contributed by atoms with E-state index in [-0.39, 0.29) is 6.03 Å². The molecule has 2 fully saturated rings. The molecule has 0 unspecified atom stereocenters. The number of amides is 2. The third-order valence-electron chi connectivity index (χ3n) is 5.54. The van der Waals surface area contributed by atoms with Gasteiger partial charge in [-0.2, -0.15) is 5.10 Å². The molecule has 2 amide bonds. The van der Waals surface area contributed by atoms with Gasteiger partial charge in [-0.3, -0.25) is 4.90 Å². The van der Waals surface area contributed by atoms with Crippen LogP contribution >= 0.6 is 12.2 Å². The highest BCUT2D eigenvalue weighted by Crippen LogP contribution is 2.15. The van der Waals surface area contributed by atoms with Crippen LogP contribution in [0.15, 0.2) is 0 Å². The lowest BCUT2D eigenvalue weighted by Gasteiger charge is -2.38. The van der Waals surface area contributed by atoms with E-state index in [1.165, 1.54) is 19.3 Å². The molecule has 4 rings (SSSR count). The number of hydrogen-bond donors (Lipinski definition) is 0. The minimum absolute atomic E-state index is 0.151. The Labute approximate surface area is 159 Å². The van der Waals surface area contributed by atoms with Gasteiger partial charge < -0.3 is 19.1 Å². The van der Waals surface area contributed by atoms with E-state index in [4.69, 9.17) is 22.1 Å². The van der Waals surface area contributed by atoms with Gasteiger partial charge in [0.25, 0.3) is 0 Å². The minimum atomic E-state index is 0.151. The van der Waals surface area contributed by atoms with E-state index >= 15 is 0 Å². The second-order valence-corrected chi connectivity index (χ2v) is 7.65. The zero-order valence-electron chi connectivity index (χ0n) is 15.3. The summed E-state index contributed by atoms with van der Waals surface area (Å²) >= 11 is 5.64. The monoisotopic (exact) mass is 380 g/mol. The molecule has 0 saturated carbocycles. The maximum atomic E-state index is 12.6. The van der Waals surface area contributed by atoms with E-state index in [1.807, 2.05) is 14.5 Å². The number of nitrogens with zero attached hydrogens (tertiary/aromatic N) is 6. The van der Waals surface area contributed by atoms with Crippen LogP contribution in [0, 0.1) is 4.77 Å². The van der Waals surface area contributed by atoms with Crippen molar-refractivity contribution in [3.63, 3.8) is 0 Å². The van der Waals surface area contributed by atoms with Crippen molar-refractivity contribution in [1.82, 2.24) is 29.0 Å². The van der Waals surface area contributed by atoms with Gasteiger partial charge in [0.05, 0.1) is 19.9 Å². The summed E-state index contributed by atoms with van der Waals surface area (Å²) in [5, 5.41) is 4.76. The Hall–Kier alpha value is -1.45. The third-order valence-corrected chi connectivity index (χ3v) is 5.97. The molecule has 0 atom stereocenters. The topological polar surface area (TPSA) is 58.8 Å². The molecule has 144 valence electrons. The second-order valence-electron chi connectivity index (χ2n) is 7.29. The number of carbonyl (C=O) groups is 1. The molecular formula is C17H28N6O2S. The number of aromatic nitrogens is 3. The average molecular weight is 381 g/mol. The number of morpholine rings is 1. The molecule has 4 heterocycles. The Bertz CT molecular complexity index is 688.